The number of ether oxygens (including phenoxy) is 2. The lowest BCUT2D eigenvalue weighted by atomic mass is 10.2. The number of benzene rings is 1. The number of pyridine rings is 1. The van der Waals surface area contributed by atoms with Crippen molar-refractivity contribution in [2.45, 2.75) is 25.9 Å². The summed E-state index contributed by atoms with van der Waals surface area (Å²) in [4.78, 5) is 33.0. The first-order valence-electron chi connectivity index (χ1n) is 10.7. The van der Waals surface area contributed by atoms with Crippen molar-refractivity contribution in [3.63, 3.8) is 0 Å². The molecular formula is C24H20ClN3O4S2. The van der Waals surface area contributed by atoms with Gasteiger partial charge in [-0.3, -0.25) is 18.9 Å². The Morgan fingerprint density at radius 2 is 2.18 bits per heavy atom. The number of amides is 1. The molecule has 10 heteroatoms. The quantitative estimate of drug-likeness (QED) is 0.357. The van der Waals surface area contributed by atoms with Gasteiger partial charge in [-0.05, 0) is 61.7 Å². The van der Waals surface area contributed by atoms with Gasteiger partial charge in [0.05, 0.1) is 17.6 Å². The van der Waals surface area contributed by atoms with Crippen LogP contribution in [-0.2, 0) is 9.53 Å². The zero-order valence-electron chi connectivity index (χ0n) is 18.2. The molecule has 1 amide bonds. The van der Waals surface area contributed by atoms with Gasteiger partial charge in [-0.25, -0.2) is 0 Å². The summed E-state index contributed by atoms with van der Waals surface area (Å²) in [5, 5.41) is 0.606. The van der Waals surface area contributed by atoms with E-state index in [2.05, 4.69) is 4.98 Å². The minimum atomic E-state index is -0.351. The van der Waals surface area contributed by atoms with Crippen molar-refractivity contribution in [3.05, 3.63) is 74.0 Å². The topological polar surface area (TPSA) is 73.1 Å². The van der Waals surface area contributed by atoms with Crippen molar-refractivity contribution < 1.29 is 14.3 Å². The summed E-state index contributed by atoms with van der Waals surface area (Å²) in [6, 6.07) is 10.4. The summed E-state index contributed by atoms with van der Waals surface area (Å²) in [5.41, 5.74) is 1.06. The molecule has 2 aliphatic heterocycles. The number of carbonyl (C=O) groups excluding carboxylic acids is 1. The smallest absolute Gasteiger partial charge is 0.269 e. The Kier molecular flexibility index (Phi) is 6.44. The molecular weight excluding hydrogens is 494 g/mol. The third-order valence-electron chi connectivity index (χ3n) is 5.64. The predicted molar refractivity (Wildman–Crippen MR) is 137 cm³/mol. The maximum Gasteiger partial charge on any atom is 0.269 e. The largest absolute Gasteiger partial charge is 0.438 e. The molecule has 2 aromatic heterocycles. The van der Waals surface area contributed by atoms with Gasteiger partial charge in [0.2, 0.25) is 5.88 Å². The van der Waals surface area contributed by atoms with E-state index in [9.17, 15) is 9.59 Å². The average molecular weight is 514 g/mol. The Morgan fingerprint density at radius 1 is 1.32 bits per heavy atom. The zero-order chi connectivity index (χ0) is 23.8. The van der Waals surface area contributed by atoms with E-state index < -0.39 is 0 Å². The highest BCUT2D eigenvalue weighted by Gasteiger charge is 2.35. The number of aromatic nitrogens is 2. The average Bonchev–Trinajstić information content (AvgIpc) is 3.43. The van der Waals surface area contributed by atoms with Crippen LogP contribution in [0.1, 0.15) is 24.0 Å². The lowest BCUT2D eigenvalue weighted by Gasteiger charge is -2.18. The third kappa shape index (κ3) is 4.48. The molecule has 0 spiro atoms. The van der Waals surface area contributed by atoms with Crippen molar-refractivity contribution in [2.75, 3.05) is 13.2 Å². The van der Waals surface area contributed by atoms with Crippen LogP contribution in [0.25, 0.3) is 11.7 Å². The van der Waals surface area contributed by atoms with E-state index in [1.165, 1.54) is 15.4 Å². The fraction of sp³-hybridized carbons (Fsp3) is 0.250. The highest BCUT2D eigenvalue weighted by Crippen LogP contribution is 2.35. The minimum absolute atomic E-state index is 0.0261. The summed E-state index contributed by atoms with van der Waals surface area (Å²) < 4.78 is 13.5. The Hall–Kier alpha value is -2.72. The second-order valence-corrected chi connectivity index (χ2v) is 10.1. The van der Waals surface area contributed by atoms with E-state index in [-0.39, 0.29) is 29.0 Å². The first kappa shape index (κ1) is 23.0. The van der Waals surface area contributed by atoms with Crippen molar-refractivity contribution in [1.29, 1.82) is 0 Å². The molecule has 174 valence electrons. The number of thiocarbonyl (C=S) groups is 1. The van der Waals surface area contributed by atoms with Gasteiger partial charge < -0.3 is 9.47 Å². The fourth-order valence-corrected chi connectivity index (χ4v) is 5.23. The maximum absolute atomic E-state index is 13.4. The van der Waals surface area contributed by atoms with Crippen LogP contribution in [0.5, 0.6) is 11.6 Å². The summed E-state index contributed by atoms with van der Waals surface area (Å²) >= 11 is 12.7. The molecule has 2 saturated heterocycles. The Labute approximate surface area is 210 Å². The number of halogens is 1. The number of rotatable bonds is 5. The molecule has 2 fully saturated rings. The van der Waals surface area contributed by atoms with Crippen molar-refractivity contribution in [2.24, 2.45) is 0 Å². The number of thioether (sulfide) groups is 1. The van der Waals surface area contributed by atoms with Gasteiger partial charge >= 0.3 is 0 Å². The number of aryl methyl sites for hydroxylation is 1. The van der Waals surface area contributed by atoms with E-state index in [0.29, 0.717) is 38.8 Å². The first-order chi connectivity index (χ1) is 16.4. The number of fused-ring (bicyclic) bond motifs is 1. The number of hydrogen-bond donors (Lipinski definition) is 0. The van der Waals surface area contributed by atoms with E-state index in [0.717, 1.165) is 30.2 Å². The van der Waals surface area contributed by atoms with E-state index in [1.54, 1.807) is 42.6 Å². The summed E-state index contributed by atoms with van der Waals surface area (Å²) in [6.45, 7) is 2.96. The lowest BCUT2D eigenvalue weighted by molar-refractivity contribution is -0.123. The third-order valence-corrected chi connectivity index (χ3v) is 7.44. The Balaban J connectivity index is 1.55. The van der Waals surface area contributed by atoms with Gasteiger partial charge in [-0.15, -0.1) is 0 Å². The zero-order valence-corrected chi connectivity index (χ0v) is 20.6. The fourth-order valence-electron chi connectivity index (χ4n) is 3.86. The number of hydrogen-bond acceptors (Lipinski definition) is 7. The van der Waals surface area contributed by atoms with Gasteiger partial charge in [0.15, 0.2) is 0 Å². The molecule has 4 heterocycles. The van der Waals surface area contributed by atoms with Crippen LogP contribution < -0.4 is 10.3 Å². The van der Waals surface area contributed by atoms with Gasteiger partial charge in [0.1, 0.15) is 21.3 Å². The van der Waals surface area contributed by atoms with E-state index in [4.69, 9.17) is 33.3 Å². The lowest BCUT2D eigenvalue weighted by Crippen LogP contribution is -2.35. The summed E-state index contributed by atoms with van der Waals surface area (Å²) in [6.07, 6.45) is 4.98. The first-order valence-corrected chi connectivity index (χ1v) is 12.3. The predicted octanol–water partition coefficient (Wildman–Crippen LogP) is 4.83. The van der Waals surface area contributed by atoms with E-state index >= 15 is 0 Å². The highest BCUT2D eigenvalue weighted by molar-refractivity contribution is 8.26. The molecule has 5 rings (SSSR count). The highest BCUT2D eigenvalue weighted by atomic mass is 35.5. The van der Waals surface area contributed by atoms with Crippen molar-refractivity contribution >= 4 is 57.5 Å². The van der Waals surface area contributed by atoms with Crippen LogP contribution in [0.4, 0.5) is 0 Å². The molecule has 2 aliphatic rings. The van der Waals surface area contributed by atoms with Crippen LogP contribution in [0.2, 0.25) is 5.02 Å². The molecule has 34 heavy (non-hydrogen) atoms. The maximum atomic E-state index is 13.4. The second-order valence-electron chi connectivity index (χ2n) is 8.01. The minimum Gasteiger partial charge on any atom is -0.438 e. The van der Waals surface area contributed by atoms with E-state index in [1.807, 2.05) is 6.92 Å². The molecule has 0 bridgehead atoms. The van der Waals surface area contributed by atoms with Crippen LogP contribution in [0, 0.1) is 6.92 Å². The Bertz CT molecular complexity index is 1400. The second kappa shape index (κ2) is 9.50. The standard InChI is InChI=1S/C24H20ClN3O4S2/c1-14-11-15(7-8-18(14)25)32-21-17(22(29)27-9-3-2-6-20(27)26-21)12-19-23(30)28(24(33)34-19)13-16-5-4-10-31-16/h2-3,6-9,11-12,16H,4-5,10,13H2,1H3/b19-12+. The molecule has 3 aromatic rings. The molecule has 7 nitrogen and oxygen atoms in total. The Morgan fingerprint density at radius 3 is 2.94 bits per heavy atom. The normalized spacial score (nSPS) is 19.5. The van der Waals surface area contributed by atoms with Gasteiger partial charge in [0, 0.05) is 17.8 Å². The molecule has 0 saturated carbocycles. The van der Waals surface area contributed by atoms with Gasteiger partial charge in [-0.2, -0.15) is 4.98 Å². The number of carbonyl (C=O) groups is 1. The van der Waals surface area contributed by atoms with Crippen LogP contribution in [0.15, 0.2) is 52.3 Å². The van der Waals surface area contributed by atoms with Crippen molar-refractivity contribution in [3.8, 4) is 11.6 Å². The van der Waals surface area contributed by atoms with Crippen molar-refractivity contribution in [1.82, 2.24) is 14.3 Å². The molecule has 1 aromatic carbocycles. The monoisotopic (exact) mass is 513 g/mol. The molecule has 0 N–H and O–H groups in total. The number of nitrogens with zero attached hydrogens (tertiary/aromatic N) is 3. The SMILES string of the molecule is Cc1cc(Oc2nc3ccccn3c(=O)c2/C=C2/SC(=S)N(CC3CCCO3)C2=O)ccc1Cl. The van der Waals surface area contributed by atoms with Crippen LogP contribution in [0.3, 0.4) is 0 Å². The summed E-state index contributed by atoms with van der Waals surface area (Å²) in [5.74, 6) is 0.327. The van der Waals surface area contributed by atoms with Gasteiger partial charge in [0.25, 0.3) is 11.5 Å². The molecule has 1 atom stereocenters. The van der Waals surface area contributed by atoms with Crippen LogP contribution >= 0.6 is 35.6 Å². The molecule has 0 radical (unpaired) electrons. The van der Waals surface area contributed by atoms with Gasteiger partial charge in [-0.1, -0.05) is 41.6 Å². The molecule has 0 aliphatic carbocycles. The summed E-state index contributed by atoms with van der Waals surface area (Å²) in [7, 11) is 0. The van der Waals surface area contributed by atoms with Crippen LogP contribution in [-0.4, -0.2) is 43.8 Å². The molecule has 1 unspecified atom stereocenters.